The smallest absolute Gasteiger partial charge is 0.246 e. The molecule has 8 nitrogen and oxygen atoms in total. The molecule has 1 N–H and O–H groups in total. The summed E-state index contributed by atoms with van der Waals surface area (Å²) in [6, 6.07) is 14.5. The van der Waals surface area contributed by atoms with Crippen molar-refractivity contribution in [2.75, 3.05) is 11.9 Å². The summed E-state index contributed by atoms with van der Waals surface area (Å²) in [5.74, 6) is 1.70. The molecular formula is C17H17N5O3. The minimum atomic E-state index is -0.255. The van der Waals surface area contributed by atoms with Crippen LogP contribution in [0.4, 0.5) is 5.69 Å². The Bertz CT molecular complexity index is 819. The van der Waals surface area contributed by atoms with Crippen molar-refractivity contribution < 1.29 is 14.3 Å². The number of nitrogens with one attached hydrogen (secondary N) is 1. The molecule has 128 valence electrons. The van der Waals surface area contributed by atoms with Crippen LogP contribution in [0.3, 0.4) is 0 Å². The lowest BCUT2D eigenvalue weighted by Gasteiger charge is -2.12. The summed E-state index contributed by atoms with van der Waals surface area (Å²) in [6.45, 7) is 2.56. The van der Waals surface area contributed by atoms with Crippen LogP contribution < -0.4 is 14.8 Å². The molecule has 0 spiro atoms. The van der Waals surface area contributed by atoms with Gasteiger partial charge in [-0.15, -0.1) is 5.10 Å². The van der Waals surface area contributed by atoms with Crippen LogP contribution in [0.25, 0.3) is 0 Å². The third-order valence-electron chi connectivity index (χ3n) is 3.22. The average Bonchev–Trinajstić information content (AvgIpc) is 3.11. The van der Waals surface area contributed by atoms with E-state index in [0.29, 0.717) is 23.8 Å². The van der Waals surface area contributed by atoms with E-state index in [0.717, 1.165) is 5.75 Å². The highest BCUT2D eigenvalue weighted by atomic mass is 16.5. The molecule has 0 unspecified atom stereocenters. The van der Waals surface area contributed by atoms with E-state index in [4.69, 9.17) is 9.47 Å². The van der Waals surface area contributed by atoms with E-state index in [9.17, 15) is 4.79 Å². The summed E-state index contributed by atoms with van der Waals surface area (Å²) in [4.78, 5) is 12.1. The first-order valence-corrected chi connectivity index (χ1v) is 7.75. The number of amides is 1. The molecule has 1 aromatic heterocycles. The Hall–Kier alpha value is -3.42. The van der Waals surface area contributed by atoms with Crippen LogP contribution in [0.15, 0.2) is 54.9 Å². The van der Waals surface area contributed by atoms with Gasteiger partial charge in [-0.25, -0.2) is 4.68 Å². The lowest BCUT2D eigenvalue weighted by Crippen LogP contribution is -2.19. The second-order valence-corrected chi connectivity index (χ2v) is 5.06. The zero-order chi connectivity index (χ0) is 17.5. The molecule has 0 atom stereocenters. The molecule has 1 amide bonds. The van der Waals surface area contributed by atoms with Crippen molar-refractivity contribution in [2.45, 2.75) is 13.5 Å². The summed E-state index contributed by atoms with van der Waals surface area (Å²) in [7, 11) is 0. The minimum Gasteiger partial charge on any atom is -0.494 e. The van der Waals surface area contributed by atoms with E-state index in [1.54, 1.807) is 12.1 Å². The third kappa shape index (κ3) is 4.54. The van der Waals surface area contributed by atoms with Crippen LogP contribution in [0.5, 0.6) is 17.2 Å². The molecule has 2 aromatic carbocycles. The van der Waals surface area contributed by atoms with E-state index in [2.05, 4.69) is 20.8 Å². The number of nitrogens with zero attached hydrogens (tertiary/aromatic N) is 4. The summed E-state index contributed by atoms with van der Waals surface area (Å²) in [6.07, 6.45) is 1.38. The molecule has 0 bridgehead atoms. The number of hydrogen-bond acceptors (Lipinski definition) is 6. The number of carbonyl (C=O) groups is 1. The highest BCUT2D eigenvalue weighted by Gasteiger charge is 2.10. The number of carbonyl (C=O) groups excluding carboxylic acids is 1. The van der Waals surface area contributed by atoms with Gasteiger partial charge in [0.2, 0.25) is 5.91 Å². The summed E-state index contributed by atoms with van der Waals surface area (Å²) in [5.41, 5.74) is 0.564. The molecular weight excluding hydrogens is 322 g/mol. The van der Waals surface area contributed by atoms with Gasteiger partial charge in [0.15, 0.2) is 5.75 Å². The van der Waals surface area contributed by atoms with Crippen LogP contribution in [0.1, 0.15) is 6.92 Å². The first-order valence-electron chi connectivity index (χ1n) is 7.75. The predicted octanol–water partition coefficient (Wildman–Crippen LogP) is 2.50. The van der Waals surface area contributed by atoms with Gasteiger partial charge in [-0.05, 0) is 53.7 Å². The quantitative estimate of drug-likeness (QED) is 0.711. The molecule has 3 aromatic rings. The fourth-order valence-corrected chi connectivity index (χ4v) is 2.15. The Morgan fingerprint density at radius 2 is 1.88 bits per heavy atom. The number of anilines is 1. The number of ether oxygens (including phenoxy) is 2. The van der Waals surface area contributed by atoms with E-state index < -0.39 is 0 Å². The van der Waals surface area contributed by atoms with Gasteiger partial charge in [0.1, 0.15) is 24.4 Å². The van der Waals surface area contributed by atoms with Crippen molar-refractivity contribution in [3.8, 4) is 17.2 Å². The first-order chi connectivity index (χ1) is 12.2. The number of rotatable bonds is 7. The van der Waals surface area contributed by atoms with Crippen LogP contribution in [0.2, 0.25) is 0 Å². The Morgan fingerprint density at radius 1 is 1.12 bits per heavy atom. The average molecular weight is 339 g/mol. The zero-order valence-corrected chi connectivity index (χ0v) is 13.6. The Balaban J connectivity index is 1.68. The zero-order valence-electron chi connectivity index (χ0n) is 13.6. The van der Waals surface area contributed by atoms with Crippen molar-refractivity contribution in [1.29, 1.82) is 0 Å². The van der Waals surface area contributed by atoms with E-state index >= 15 is 0 Å². The highest BCUT2D eigenvalue weighted by Crippen LogP contribution is 2.30. The third-order valence-corrected chi connectivity index (χ3v) is 3.22. The van der Waals surface area contributed by atoms with Gasteiger partial charge < -0.3 is 14.8 Å². The van der Waals surface area contributed by atoms with Gasteiger partial charge in [-0.3, -0.25) is 4.79 Å². The lowest BCUT2D eigenvalue weighted by atomic mass is 10.2. The molecule has 0 aliphatic carbocycles. The second kappa shape index (κ2) is 7.91. The summed E-state index contributed by atoms with van der Waals surface area (Å²) < 4.78 is 12.6. The monoisotopic (exact) mass is 339 g/mol. The molecule has 0 aliphatic heterocycles. The van der Waals surface area contributed by atoms with Crippen LogP contribution in [-0.2, 0) is 11.3 Å². The molecule has 0 saturated carbocycles. The number of benzene rings is 2. The van der Waals surface area contributed by atoms with Gasteiger partial charge in [-0.1, -0.05) is 12.1 Å². The van der Waals surface area contributed by atoms with E-state index in [1.165, 1.54) is 11.0 Å². The normalized spacial score (nSPS) is 10.3. The number of para-hydroxylation sites is 2. The molecule has 0 radical (unpaired) electrons. The molecule has 8 heteroatoms. The fraction of sp³-hybridized carbons (Fsp3) is 0.176. The number of tetrazole rings is 1. The first kappa shape index (κ1) is 16.4. The van der Waals surface area contributed by atoms with Gasteiger partial charge >= 0.3 is 0 Å². The molecule has 25 heavy (non-hydrogen) atoms. The summed E-state index contributed by atoms with van der Waals surface area (Å²) >= 11 is 0. The van der Waals surface area contributed by atoms with Gasteiger partial charge in [0.05, 0.1) is 12.3 Å². The second-order valence-electron chi connectivity index (χ2n) is 5.06. The van der Waals surface area contributed by atoms with Crippen LogP contribution in [0, 0.1) is 0 Å². The molecule has 0 aliphatic rings. The van der Waals surface area contributed by atoms with Crippen molar-refractivity contribution in [1.82, 2.24) is 20.2 Å². The SMILES string of the molecule is CCOc1ccc(Oc2ccccc2NC(=O)Cn2cnnn2)cc1. The fourth-order valence-electron chi connectivity index (χ4n) is 2.15. The Kier molecular flexibility index (Phi) is 5.20. The van der Waals surface area contributed by atoms with E-state index in [-0.39, 0.29) is 12.5 Å². The van der Waals surface area contributed by atoms with Crippen LogP contribution in [-0.4, -0.2) is 32.7 Å². The van der Waals surface area contributed by atoms with Gasteiger partial charge in [0, 0.05) is 0 Å². The molecule has 0 fully saturated rings. The Morgan fingerprint density at radius 3 is 2.60 bits per heavy atom. The largest absolute Gasteiger partial charge is 0.494 e. The topological polar surface area (TPSA) is 91.2 Å². The number of hydrogen-bond donors (Lipinski definition) is 1. The Labute approximate surface area is 144 Å². The maximum atomic E-state index is 12.1. The van der Waals surface area contributed by atoms with Crippen molar-refractivity contribution >= 4 is 11.6 Å². The molecule has 0 saturated heterocycles. The number of aromatic nitrogens is 4. The van der Waals surface area contributed by atoms with Gasteiger partial charge in [-0.2, -0.15) is 0 Å². The van der Waals surface area contributed by atoms with Gasteiger partial charge in [0.25, 0.3) is 0 Å². The lowest BCUT2D eigenvalue weighted by molar-refractivity contribution is -0.116. The van der Waals surface area contributed by atoms with Crippen molar-refractivity contribution in [2.24, 2.45) is 0 Å². The van der Waals surface area contributed by atoms with E-state index in [1.807, 2.05) is 43.3 Å². The summed E-state index contributed by atoms with van der Waals surface area (Å²) in [5, 5.41) is 13.4. The highest BCUT2D eigenvalue weighted by molar-refractivity contribution is 5.92. The minimum absolute atomic E-state index is 0.0182. The maximum Gasteiger partial charge on any atom is 0.246 e. The van der Waals surface area contributed by atoms with Crippen molar-refractivity contribution in [3.63, 3.8) is 0 Å². The van der Waals surface area contributed by atoms with Crippen molar-refractivity contribution in [3.05, 3.63) is 54.9 Å². The standard InChI is InChI=1S/C17H17N5O3/c1-2-24-13-7-9-14(10-8-13)25-16-6-4-3-5-15(16)19-17(23)11-22-12-18-20-21-22/h3-10,12H,2,11H2,1H3,(H,19,23). The maximum absolute atomic E-state index is 12.1. The predicted molar refractivity (Wildman–Crippen MR) is 90.6 cm³/mol. The molecule has 3 rings (SSSR count). The van der Waals surface area contributed by atoms with Crippen LogP contribution >= 0.6 is 0 Å². The molecule has 1 heterocycles.